The highest BCUT2D eigenvalue weighted by Crippen LogP contribution is 2.36. The van der Waals surface area contributed by atoms with E-state index in [2.05, 4.69) is 16.0 Å². The molecule has 2 amide bonds. The molecule has 4 aromatic rings. The lowest BCUT2D eigenvalue weighted by molar-refractivity contribution is 0.0964. The number of para-hydroxylation sites is 2. The van der Waals surface area contributed by atoms with Gasteiger partial charge in [-0.2, -0.15) is 0 Å². The summed E-state index contributed by atoms with van der Waals surface area (Å²) >= 11 is 0. The van der Waals surface area contributed by atoms with Gasteiger partial charge in [0.15, 0.2) is 0 Å². The fourth-order valence-electron chi connectivity index (χ4n) is 3.68. The Bertz CT molecular complexity index is 1350. The molecule has 3 aromatic carbocycles. The molecular formula is C24H22N4O3. The van der Waals surface area contributed by atoms with Crippen LogP contribution >= 0.6 is 0 Å². The van der Waals surface area contributed by atoms with Gasteiger partial charge < -0.3 is 15.7 Å². The number of anilines is 3. The molecule has 0 saturated carbocycles. The Hall–Kier alpha value is -4.13. The standard InChI is InChI=1S/C24H22N4O3/c1-13-10-11-15(26-24(30)31)12-19(13)27-21-16-7-4-6-14(2)20(16)28-22-17(21)8-5-9-18(22)23(29)25-3/h4-12,26H,1-3H3,(H,25,29)(H,27,28)(H,30,31). The molecule has 7 heteroatoms. The van der Waals surface area contributed by atoms with E-state index in [1.165, 1.54) is 0 Å². The van der Waals surface area contributed by atoms with Crippen LogP contribution in [0.15, 0.2) is 54.6 Å². The number of carbonyl (C=O) groups is 2. The Labute approximate surface area is 179 Å². The van der Waals surface area contributed by atoms with E-state index in [1.807, 2.05) is 50.2 Å². The van der Waals surface area contributed by atoms with Gasteiger partial charge in [0.2, 0.25) is 0 Å². The summed E-state index contributed by atoms with van der Waals surface area (Å²) in [6, 6.07) is 16.8. The topological polar surface area (TPSA) is 103 Å². The maximum Gasteiger partial charge on any atom is 0.409 e. The molecule has 156 valence electrons. The van der Waals surface area contributed by atoms with Gasteiger partial charge in [-0.1, -0.05) is 36.4 Å². The number of carboxylic acid groups (broad SMARTS) is 1. The summed E-state index contributed by atoms with van der Waals surface area (Å²) in [6.07, 6.45) is -1.12. The maximum atomic E-state index is 12.5. The number of pyridine rings is 1. The second-order valence-corrected chi connectivity index (χ2v) is 7.32. The highest BCUT2D eigenvalue weighted by atomic mass is 16.4. The molecule has 0 aliphatic carbocycles. The molecule has 1 heterocycles. The monoisotopic (exact) mass is 414 g/mol. The number of nitrogens with one attached hydrogen (secondary N) is 3. The number of carbonyl (C=O) groups excluding carboxylic acids is 1. The molecule has 31 heavy (non-hydrogen) atoms. The summed E-state index contributed by atoms with van der Waals surface area (Å²) in [5, 5.41) is 19.3. The van der Waals surface area contributed by atoms with E-state index in [4.69, 9.17) is 10.1 Å². The van der Waals surface area contributed by atoms with Crippen LogP contribution in [0.25, 0.3) is 21.8 Å². The zero-order valence-corrected chi connectivity index (χ0v) is 17.4. The lowest BCUT2D eigenvalue weighted by Gasteiger charge is -2.17. The van der Waals surface area contributed by atoms with Crippen molar-refractivity contribution in [2.24, 2.45) is 0 Å². The Morgan fingerprint density at radius 2 is 1.61 bits per heavy atom. The van der Waals surface area contributed by atoms with Crippen LogP contribution < -0.4 is 16.0 Å². The van der Waals surface area contributed by atoms with Gasteiger partial charge >= 0.3 is 6.09 Å². The predicted molar refractivity (Wildman–Crippen MR) is 123 cm³/mol. The zero-order valence-electron chi connectivity index (χ0n) is 17.4. The van der Waals surface area contributed by atoms with Gasteiger partial charge in [-0.3, -0.25) is 10.1 Å². The SMILES string of the molecule is CNC(=O)c1cccc2c(Nc3cc(NC(=O)O)ccc3C)c3cccc(C)c3nc12. The molecular weight excluding hydrogens is 392 g/mol. The van der Waals surface area contributed by atoms with Crippen molar-refractivity contribution >= 4 is 50.9 Å². The van der Waals surface area contributed by atoms with Crippen molar-refractivity contribution in [1.82, 2.24) is 10.3 Å². The molecule has 1 aromatic heterocycles. The average molecular weight is 414 g/mol. The third kappa shape index (κ3) is 3.73. The summed E-state index contributed by atoms with van der Waals surface area (Å²) in [5.74, 6) is -0.208. The van der Waals surface area contributed by atoms with E-state index in [1.54, 1.807) is 25.2 Å². The number of aromatic nitrogens is 1. The Morgan fingerprint density at radius 1 is 0.903 bits per heavy atom. The van der Waals surface area contributed by atoms with Crippen molar-refractivity contribution in [3.8, 4) is 0 Å². The number of aryl methyl sites for hydroxylation is 2. The molecule has 0 aliphatic rings. The zero-order chi connectivity index (χ0) is 22.1. The van der Waals surface area contributed by atoms with Gasteiger partial charge in [-0.05, 0) is 43.2 Å². The summed E-state index contributed by atoms with van der Waals surface area (Å²) < 4.78 is 0. The van der Waals surface area contributed by atoms with Gasteiger partial charge in [0.05, 0.1) is 22.3 Å². The summed E-state index contributed by atoms with van der Waals surface area (Å²) in [7, 11) is 1.59. The van der Waals surface area contributed by atoms with Crippen LogP contribution in [0.1, 0.15) is 21.5 Å². The second kappa shape index (κ2) is 7.95. The van der Waals surface area contributed by atoms with E-state index in [9.17, 15) is 9.59 Å². The lowest BCUT2D eigenvalue weighted by Crippen LogP contribution is -2.18. The predicted octanol–water partition coefficient (Wildman–Crippen LogP) is 5.20. The fourth-order valence-corrected chi connectivity index (χ4v) is 3.68. The molecule has 0 unspecified atom stereocenters. The molecule has 0 aliphatic heterocycles. The fraction of sp³-hybridized carbons (Fsp3) is 0.125. The van der Waals surface area contributed by atoms with Crippen LogP contribution in [0.5, 0.6) is 0 Å². The van der Waals surface area contributed by atoms with Gasteiger partial charge in [0.25, 0.3) is 5.91 Å². The van der Waals surface area contributed by atoms with Crippen LogP contribution in [0.4, 0.5) is 21.9 Å². The minimum Gasteiger partial charge on any atom is -0.465 e. The largest absolute Gasteiger partial charge is 0.465 e. The van der Waals surface area contributed by atoms with Crippen molar-refractivity contribution in [2.75, 3.05) is 17.7 Å². The van der Waals surface area contributed by atoms with Crippen LogP contribution in [-0.4, -0.2) is 29.1 Å². The Balaban J connectivity index is 1.99. The van der Waals surface area contributed by atoms with Crippen molar-refractivity contribution in [1.29, 1.82) is 0 Å². The third-order valence-corrected chi connectivity index (χ3v) is 5.26. The molecule has 0 fully saturated rings. The first-order valence-corrected chi connectivity index (χ1v) is 9.81. The van der Waals surface area contributed by atoms with Crippen molar-refractivity contribution in [3.63, 3.8) is 0 Å². The van der Waals surface area contributed by atoms with Crippen molar-refractivity contribution < 1.29 is 14.7 Å². The first-order chi connectivity index (χ1) is 14.9. The summed E-state index contributed by atoms with van der Waals surface area (Å²) in [6.45, 7) is 3.93. The number of fused-ring (bicyclic) bond motifs is 2. The van der Waals surface area contributed by atoms with E-state index in [0.717, 1.165) is 38.8 Å². The summed E-state index contributed by atoms with van der Waals surface area (Å²) in [5.41, 5.74) is 5.86. The van der Waals surface area contributed by atoms with Crippen LogP contribution in [0, 0.1) is 13.8 Å². The minimum absolute atomic E-state index is 0.208. The molecule has 7 nitrogen and oxygen atoms in total. The molecule has 4 N–H and O–H groups in total. The maximum absolute atomic E-state index is 12.5. The lowest BCUT2D eigenvalue weighted by atomic mass is 10.0. The van der Waals surface area contributed by atoms with E-state index < -0.39 is 6.09 Å². The highest BCUT2D eigenvalue weighted by Gasteiger charge is 2.17. The van der Waals surface area contributed by atoms with E-state index >= 15 is 0 Å². The van der Waals surface area contributed by atoms with E-state index in [0.29, 0.717) is 16.8 Å². The first-order valence-electron chi connectivity index (χ1n) is 9.81. The number of hydrogen-bond donors (Lipinski definition) is 4. The number of nitrogens with zero attached hydrogens (tertiary/aromatic N) is 1. The van der Waals surface area contributed by atoms with Gasteiger partial charge in [-0.15, -0.1) is 0 Å². The van der Waals surface area contributed by atoms with Gasteiger partial charge in [0, 0.05) is 29.2 Å². The number of rotatable bonds is 4. The van der Waals surface area contributed by atoms with Crippen molar-refractivity contribution in [3.05, 3.63) is 71.3 Å². The highest BCUT2D eigenvalue weighted by molar-refractivity contribution is 6.15. The number of benzene rings is 3. The van der Waals surface area contributed by atoms with Crippen LogP contribution in [0.2, 0.25) is 0 Å². The first kappa shape index (κ1) is 20.2. The molecule has 0 radical (unpaired) electrons. The smallest absolute Gasteiger partial charge is 0.409 e. The second-order valence-electron chi connectivity index (χ2n) is 7.32. The summed E-state index contributed by atoms with van der Waals surface area (Å²) in [4.78, 5) is 28.4. The van der Waals surface area contributed by atoms with Crippen LogP contribution in [0.3, 0.4) is 0 Å². The number of amides is 2. The van der Waals surface area contributed by atoms with Gasteiger partial charge in [-0.25, -0.2) is 9.78 Å². The third-order valence-electron chi connectivity index (χ3n) is 5.26. The van der Waals surface area contributed by atoms with Crippen molar-refractivity contribution in [2.45, 2.75) is 13.8 Å². The molecule has 0 atom stereocenters. The van der Waals surface area contributed by atoms with Crippen LogP contribution in [-0.2, 0) is 0 Å². The molecule has 0 bridgehead atoms. The average Bonchev–Trinajstić information content (AvgIpc) is 2.75. The Kier molecular flexibility index (Phi) is 5.17. The quantitative estimate of drug-likeness (QED) is 0.344. The van der Waals surface area contributed by atoms with Gasteiger partial charge in [0.1, 0.15) is 0 Å². The minimum atomic E-state index is -1.12. The molecule has 4 rings (SSSR count). The number of hydrogen-bond acceptors (Lipinski definition) is 4. The normalized spacial score (nSPS) is 10.8. The Morgan fingerprint density at radius 3 is 2.32 bits per heavy atom. The van der Waals surface area contributed by atoms with E-state index in [-0.39, 0.29) is 5.91 Å². The molecule has 0 saturated heterocycles. The molecule has 0 spiro atoms.